The summed E-state index contributed by atoms with van der Waals surface area (Å²) in [6.07, 6.45) is 6.32. The van der Waals surface area contributed by atoms with E-state index in [-0.39, 0.29) is 5.66 Å². The third-order valence-electron chi connectivity index (χ3n) is 3.73. The van der Waals surface area contributed by atoms with Crippen molar-refractivity contribution in [1.82, 2.24) is 0 Å². The highest BCUT2D eigenvalue weighted by Crippen LogP contribution is 2.52. The molecule has 2 aromatic carbocycles. The van der Waals surface area contributed by atoms with Crippen LogP contribution in [-0.2, 0) is 4.57 Å². The average Bonchev–Trinajstić information content (AvgIpc) is 3.03. The molecule has 3 rings (SSSR count). The fraction of sp³-hybridized carbons (Fsp3) is 0.176. The maximum Gasteiger partial charge on any atom is 0.149 e. The highest BCUT2D eigenvalue weighted by molar-refractivity contribution is 7.79. The van der Waals surface area contributed by atoms with Crippen molar-refractivity contribution < 1.29 is 4.57 Å². The fourth-order valence-corrected chi connectivity index (χ4v) is 5.92. The summed E-state index contributed by atoms with van der Waals surface area (Å²) in [5.41, 5.74) is 0.150. The van der Waals surface area contributed by atoms with Crippen LogP contribution in [0.4, 0.5) is 0 Å². The number of allylic oxidation sites excluding steroid dienone is 2. The lowest BCUT2D eigenvalue weighted by Crippen LogP contribution is -2.23. The molecule has 19 heavy (non-hydrogen) atoms. The Balaban J connectivity index is 2.16. The van der Waals surface area contributed by atoms with Crippen molar-refractivity contribution >= 4 is 17.8 Å². The third-order valence-corrected chi connectivity index (χ3v) is 7.23. The minimum absolute atomic E-state index is 0.150. The van der Waals surface area contributed by atoms with E-state index in [1.807, 2.05) is 60.7 Å². The molecular weight excluding hydrogens is 251 g/mol. The first kappa shape index (κ1) is 12.4. The van der Waals surface area contributed by atoms with Gasteiger partial charge in [-0.1, -0.05) is 72.8 Å². The van der Waals surface area contributed by atoms with Crippen molar-refractivity contribution in [2.75, 3.05) is 0 Å². The molecule has 0 bridgehead atoms. The normalized spacial score (nSPS) is 18.6. The number of benzene rings is 2. The summed E-state index contributed by atoms with van der Waals surface area (Å²) in [6.45, 7) is 0. The van der Waals surface area contributed by atoms with Crippen molar-refractivity contribution in [3.05, 3.63) is 72.8 Å². The maximum absolute atomic E-state index is 13.8. The summed E-state index contributed by atoms with van der Waals surface area (Å²) >= 11 is 0. The summed E-state index contributed by atoms with van der Waals surface area (Å²) in [7, 11) is -2.56. The Hall–Kier alpha value is -1.59. The van der Waals surface area contributed by atoms with E-state index in [1.54, 1.807) is 0 Å². The lowest BCUT2D eigenvalue weighted by Gasteiger charge is -2.24. The van der Waals surface area contributed by atoms with Crippen molar-refractivity contribution in [2.24, 2.45) is 0 Å². The van der Waals surface area contributed by atoms with Gasteiger partial charge in [-0.15, -0.1) is 0 Å². The van der Waals surface area contributed by atoms with Gasteiger partial charge < -0.3 is 4.57 Å². The first-order valence-corrected chi connectivity index (χ1v) is 8.47. The SMILES string of the molecule is O=P(c1ccccc1)(c1ccccc1)C1C=CCC1. The highest BCUT2D eigenvalue weighted by Gasteiger charge is 2.35. The smallest absolute Gasteiger partial charge is 0.149 e. The molecule has 0 radical (unpaired) electrons. The predicted molar refractivity (Wildman–Crippen MR) is 81.9 cm³/mol. The van der Waals surface area contributed by atoms with Crippen LogP contribution in [0.1, 0.15) is 12.8 Å². The van der Waals surface area contributed by atoms with Crippen LogP contribution >= 0.6 is 7.14 Å². The molecule has 0 spiro atoms. The van der Waals surface area contributed by atoms with E-state index in [9.17, 15) is 4.57 Å². The largest absolute Gasteiger partial charge is 0.313 e. The molecule has 1 nitrogen and oxygen atoms in total. The Labute approximate surface area is 114 Å². The maximum atomic E-state index is 13.8. The standard InChI is InChI=1S/C17H17OP/c18-19(17-13-7-8-14-17,15-9-3-1-4-10-15)16-11-5-2-6-12-16/h1-7,9-13,17H,8,14H2. The molecular formula is C17H17OP. The van der Waals surface area contributed by atoms with Gasteiger partial charge in [0.1, 0.15) is 7.14 Å². The van der Waals surface area contributed by atoms with Gasteiger partial charge >= 0.3 is 0 Å². The van der Waals surface area contributed by atoms with Crippen LogP contribution in [0.25, 0.3) is 0 Å². The van der Waals surface area contributed by atoms with Gasteiger partial charge in [-0.05, 0) is 12.8 Å². The third kappa shape index (κ3) is 2.19. The number of rotatable bonds is 3. The topological polar surface area (TPSA) is 17.1 Å². The molecule has 2 aromatic rings. The fourth-order valence-electron chi connectivity index (χ4n) is 2.75. The number of hydrogen-bond acceptors (Lipinski definition) is 1. The Morgan fingerprint density at radius 2 is 1.37 bits per heavy atom. The molecule has 0 amide bonds. The molecule has 0 saturated heterocycles. The molecule has 1 atom stereocenters. The zero-order chi connectivity index (χ0) is 13.1. The van der Waals surface area contributed by atoms with E-state index in [4.69, 9.17) is 0 Å². The molecule has 0 fully saturated rings. The molecule has 96 valence electrons. The van der Waals surface area contributed by atoms with E-state index in [0.29, 0.717) is 0 Å². The van der Waals surface area contributed by atoms with Gasteiger partial charge in [0.2, 0.25) is 0 Å². The van der Waals surface area contributed by atoms with Crippen molar-refractivity contribution in [2.45, 2.75) is 18.5 Å². The quantitative estimate of drug-likeness (QED) is 0.612. The van der Waals surface area contributed by atoms with Gasteiger partial charge in [0.25, 0.3) is 0 Å². The first-order valence-electron chi connectivity index (χ1n) is 6.69. The molecule has 0 N–H and O–H groups in total. The van der Waals surface area contributed by atoms with Gasteiger partial charge in [-0.25, -0.2) is 0 Å². The Bertz CT molecular complexity index is 573. The Morgan fingerprint density at radius 3 is 1.79 bits per heavy atom. The average molecular weight is 268 g/mol. The van der Waals surface area contributed by atoms with Crippen LogP contribution in [0.15, 0.2) is 72.8 Å². The Morgan fingerprint density at radius 1 is 0.842 bits per heavy atom. The summed E-state index contributed by atoms with van der Waals surface area (Å²) < 4.78 is 13.8. The summed E-state index contributed by atoms with van der Waals surface area (Å²) in [5.74, 6) is 0. The second-order valence-electron chi connectivity index (χ2n) is 4.90. The van der Waals surface area contributed by atoms with Crippen LogP contribution in [0, 0.1) is 0 Å². The monoisotopic (exact) mass is 268 g/mol. The van der Waals surface area contributed by atoms with E-state index >= 15 is 0 Å². The summed E-state index contributed by atoms with van der Waals surface area (Å²) in [6, 6.07) is 19.9. The van der Waals surface area contributed by atoms with Crippen molar-refractivity contribution in [3.63, 3.8) is 0 Å². The summed E-state index contributed by atoms with van der Waals surface area (Å²) in [5, 5.41) is 1.94. The van der Waals surface area contributed by atoms with E-state index in [2.05, 4.69) is 12.2 Å². The van der Waals surface area contributed by atoms with Gasteiger partial charge in [0.15, 0.2) is 0 Å². The molecule has 0 aromatic heterocycles. The van der Waals surface area contributed by atoms with E-state index in [1.165, 1.54) is 0 Å². The highest BCUT2D eigenvalue weighted by atomic mass is 31.2. The van der Waals surface area contributed by atoms with Crippen LogP contribution in [-0.4, -0.2) is 5.66 Å². The van der Waals surface area contributed by atoms with Crippen molar-refractivity contribution in [3.8, 4) is 0 Å². The van der Waals surface area contributed by atoms with Crippen LogP contribution in [0.2, 0.25) is 0 Å². The summed E-state index contributed by atoms with van der Waals surface area (Å²) in [4.78, 5) is 0. The second kappa shape index (κ2) is 5.19. The van der Waals surface area contributed by atoms with Gasteiger partial charge in [-0.2, -0.15) is 0 Å². The molecule has 1 aliphatic carbocycles. The van der Waals surface area contributed by atoms with Gasteiger partial charge in [-0.3, -0.25) is 0 Å². The molecule has 0 heterocycles. The molecule has 0 saturated carbocycles. The minimum Gasteiger partial charge on any atom is -0.313 e. The molecule has 1 aliphatic rings. The zero-order valence-electron chi connectivity index (χ0n) is 10.8. The van der Waals surface area contributed by atoms with Crippen LogP contribution < -0.4 is 10.6 Å². The van der Waals surface area contributed by atoms with E-state index in [0.717, 1.165) is 23.5 Å². The molecule has 1 unspecified atom stereocenters. The minimum atomic E-state index is -2.56. The molecule has 2 heteroatoms. The lowest BCUT2D eigenvalue weighted by molar-refractivity contribution is 0.581. The van der Waals surface area contributed by atoms with Gasteiger partial charge in [0, 0.05) is 16.3 Å². The lowest BCUT2D eigenvalue weighted by atomic mass is 10.3. The second-order valence-corrected chi connectivity index (χ2v) is 7.91. The van der Waals surface area contributed by atoms with E-state index < -0.39 is 7.14 Å². The first-order chi connectivity index (χ1) is 9.32. The molecule has 0 aliphatic heterocycles. The predicted octanol–water partition coefficient (Wildman–Crippen LogP) is 3.72. The zero-order valence-corrected chi connectivity index (χ0v) is 11.7. The van der Waals surface area contributed by atoms with Gasteiger partial charge in [0.05, 0.1) is 0 Å². The Kier molecular flexibility index (Phi) is 3.40. The van der Waals surface area contributed by atoms with Crippen molar-refractivity contribution in [1.29, 1.82) is 0 Å². The number of hydrogen-bond donors (Lipinski definition) is 0. The van der Waals surface area contributed by atoms with Crippen LogP contribution in [0.5, 0.6) is 0 Å². The van der Waals surface area contributed by atoms with Crippen LogP contribution in [0.3, 0.4) is 0 Å².